The van der Waals surface area contributed by atoms with Gasteiger partial charge in [-0.3, -0.25) is 0 Å². The maximum atomic E-state index is 11.5. The molecular weight excluding hydrogens is 228 g/mol. The molecule has 1 aliphatic heterocycles. The van der Waals surface area contributed by atoms with Gasteiger partial charge in [-0.05, 0) is 31.7 Å². The van der Waals surface area contributed by atoms with Crippen LogP contribution in [0.3, 0.4) is 0 Å². The molecule has 2 heterocycles. The van der Waals surface area contributed by atoms with Crippen LogP contribution in [0.1, 0.15) is 36.9 Å². The summed E-state index contributed by atoms with van der Waals surface area (Å²) in [6.45, 7) is 2.65. The van der Waals surface area contributed by atoms with Crippen molar-refractivity contribution in [3.8, 4) is 0 Å². The van der Waals surface area contributed by atoms with Crippen LogP contribution >= 0.6 is 0 Å². The van der Waals surface area contributed by atoms with Gasteiger partial charge in [0.2, 0.25) is 0 Å². The van der Waals surface area contributed by atoms with Gasteiger partial charge in [-0.15, -0.1) is 0 Å². The molecule has 1 aliphatic carbocycles. The topological polar surface area (TPSA) is 69.8 Å². The molecule has 0 spiro atoms. The molecule has 0 unspecified atom stereocenters. The molecule has 2 aliphatic rings. The third-order valence-corrected chi connectivity index (χ3v) is 4.01. The number of H-pyrrole nitrogens is 1. The summed E-state index contributed by atoms with van der Waals surface area (Å²) in [6.07, 6.45) is 6.24. The van der Waals surface area contributed by atoms with E-state index < -0.39 is 0 Å². The SMILES string of the molecule is O=c1nc(NCC2CCCC2)c2c([nH]1)CNCC2. The summed E-state index contributed by atoms with van der Waals surface area (Å²) in [4.78, 5) is 18.4. The van der Waals surface area contributed by atoms with Gasteiger partial charge < -0.3 is 15.6 Å². The van der Waals surface area contributed by atoms with Crippen LogP contribution in [0.5, 0.6) is 0 Å². The third kappa shape index (κ3) is 2.41. The van der Waals surface area contributed by atoms with E-state index in [0.717, 1.165) is 43.5 Å². The second kappa shape index (κ2) is 5.10. The highest BCUT2D eigenvalue weighted by Crippen LogP contribution is 2.25. The number of hydrogen-bond donors (Lipinski definition) is 3. The Balaban J connectivity index is 1.77. The summed E-state index contributed by atoms with van der Waals surface area (Å²) >= 11 is 0. The van der Waals surface area contributed by atoms with Gasteiger partial charge in [0.05, 0.1) is 0 Å². The molecule has 0 radical (unpaired) electrons. The molecule has 1 aromatic rings. The number of anilines is 1. The lowest BCUT2D eigenvalue weighted by Gasteiger charge is -2.20. The molecule has 3 N–H and O–H groups in total. The first-order valence-electron chi connectivity index (χ1n) is 6.89. The van der Waals surface area contributed by atoms with E-state index in [1.165, 1.54) is 31.2 Å². The van der Waals surface area contributed by atoms with E-state index in [-0.39, 0.29) is 5.69 Å². The minimum atomic E-state index is -0.244. The molecule has 0 bridgehead atoms. The summed E-state index contributed by atoms with van der Waals surface area (Å²) in [7, 11) is 0. The number of nitrogens with zero attached hydrogens (tertiary/aromatic N) is 1. The monoisotopic (exact) mass is 248 g/mol. The average Bonchev–Trinajstić information content (AvgIpc) is 2.89. The van der Waals surface area contributed by atoms with Crippen molar-refractivity contribution in [1.29, 1.82) is 0 Å². The summed E-state index contributed by atoms with van der Waals surface area (Å²) in [5.41, 5.74) is 1.94. The standard InChI is InChI=1S/C13H20N4O/c18-13-16-11-8-14-6-5-10(11)12(17-13)15-7-9-3-1-2-4-9/h9,14H,1-8H2,(H2,15,16,17,18). The Morgan fingerprint density at radius 2 is 2.17 bits per heavy atom. The van der Waals surface area contributed by atoms with Gasteiger partial charge in [-0.1, -0.05) is 12.8 Å². The fraction of sp³-hybridized carbons (Fsp3) is 0.692. The van der Waals surface area contributed by atoms with Crippen LogP contribution in [0.4, 0.5) is 5.82 Å². The Kier molecular flexibility index (Phi) is 3.32. The van der Waals surface area contributed by atoms with Crippen molar-refractivity contribution in [2.45, 2.75) is 38.6 Å². The highest BCUT2D eigenvalue weighted by atomic mass is 16.1. The highest BCUT2D eigenvalue weighted by Gasteiger charge is 2.18. The van der Waals surface area contributed by atoms with E-state index in [9.17, 15) is 4.79 Å². The molecule has 0 atom stereocenters. The summed E-state index contributed by atoms with van der Waals surface area (Å²) in [5, 5.41) is 6.66. The molecule has 5 heteroatoms. The van der Waals surface area contributed by atoms with Crippen LogP contribution < -0.4 is 16.3 Å². The first kappa shape index (κ1) is 11.7. The zero-order valence-corrected chi connectivity index (χ0v) is 10.6. The molecule has 98 valence electrons. The Morgan fingerprint density at radius 3 is 3.00 bits per heavy atom. The zero-order valence-electron chi connectivity index (χ0n) is 10.6. The highest BCUT2D eigenvalue weighted by molar-refractivity contribution is 5.47. The summed E-state index contributed by atoms with van der Waals surface area (Å²) < 4.78 is 0. The number of rotatable bonds is 3. The first-order chi connectivity index (χ1) is 8.83. The fourth-order valence-corrected chi connectivity index (χ4v) is 2.99. The van der Waals surface area contributed by atoms with E-state index in [4.69, 9.17) is 0 Å². The lowest BCUT2D eigenvalue weighted by atomic mass is 10.1. The van der Waals surface area contributed by atoms with Crippen LogP contribution in [0.2, 0.25) is 0 Å². The fourth-order valence-electron chi connectivity index (χ4n) is 2.99. The summed E-state index contributed by atoms with van der Waals surface area (Å²) in [5.74, 6) is 1.56. The lowest BCUT2D eigenvalue weighted by Crippen LogP contribution is -2.30. The third-order valence-electron chi connectivity index (χ3n) is 4.01. The van der Waals surface area contributed by atoms with Gasteiger partial charge in [-0.25, -0.2) is 4.79 Å². The molecule has 1 fully saturated rings. The molecule has 18 heavy (non-hydrogen) atoms. The Labute approximate surface area is 106 Å². The van der Waals surface area contributed by atoms with E-state index in [1.54, 1.807) is 0 Å². The van der Waals surface area contributed by atoms with Gasteiger partial charge in [0.1, 0.15) is 5.82 Å². The van der Waals surface area contributed by atoms with Crippen LogP contribution in [0.15, 0.2) is 4.79 Å². The molecule has 3 rings (SSSR count). The molecular formula is C13H20N4O. The molecule has 1 saturated carbocycles. The van der Waals surface area contributed by atoms with Crippen molar-refractivity contribution in [3.05, 3.63) is 21.7 Å². The van der Waals surface area contributed by atoms with E-state index in [1.807, 2.05) is 0 Å². The number of aromatic nitrogens is 2. The molecule has 0 saturated heterocycles. The van der Waals surface area contributed by atoms with Gasteiger partial charge in [-0.2, -0.15) is 4.98 Å². The molecule has 1 aromatic heterocycles. The summed E-state index contributed by atoms with van der Waals surface area (Å²) in [6, 6.07) is 0. The number of nitrogens with one attached hydrogen (secondary N) is 3. The normalized spacial score (nSPS) is 19.8. The Morgan fingerprint density at radius 1 is 1.33 bits per heavy atom. The molecule has 0 aromatic carbocycles. The predicted octanol–water partition coefficient (Wildman–Crippen LogP) is 1.02. The first-order valence-corrected chi connectivity index (χ1v) is 6.89. The van der Waals surface area contributed by atoms with Crippen LogP contribution in [0, 0.1) is 5.92 Å². The smallest absolute Gasteiger partial charge is 0.347 e. The second-order valence-corrected chi connectivity index (χ2v) is 5.31. The van der Waals surface area contributed by atoms with Crippen LogP contribution in [-0.2, 0) is 13.0 Å². The Hall–Kier alpha value is -1.36. The lowest BCUT2D eigenvalue weighted by molar-refractivity contribution is 0.575. The largest absolute Gasteiger partial charge is 0.369 e. The Bertz CT molecular complexity index is 476. The average molecular weight is 248 g/mol. The van der Waals surface area contributed by atoms with Crippen LogP contribution in [-0.4, -0.2) is 23.1 Å². The van der Waals surface area contributed by atoms with E-state index >= 15 is 0 Å². The molecule has 5 nitrogen and oxygen atoms in total. The van der Waals surface area contributed by atoms with Gasteiger partial charge in [0.15, 0.2) is 0 Å². The van der Waals surface area contributed by atoms with E-state index in [2.05, 4.69) is 20.6 Å². The van der Waals surface area contributed by atoms with Crippen molar-refractivity contribution in [3.63, 3.8) is 0 Å². The van der Waals surface area contributed by atoms with Crippen molar-refractivity contribution in [1.82, 2.24) is 15.3 Å². The maximum Gasteiger partial charge on any atom is 0.347 e. The van der Waals surface area contributed by atoms with Gasteiger partial charge in [0, 0.05) is 24.3 Å². The number of hydrogen-bond acceptors (Lipinski definition) is 4. The van der Waals surface area contributed by atoms with Crippen molar-refractivity contribution >= 4 is 5.82 Å². The van der Waals surface area contributed by atoms with Crippen molar-refractivity contribution < 1.29 is 0 Å². The minimum absolute atomic E-state index is 0.244. The zero-order chi connectivity index (χ0) is 12.4. The quantitative estimate of drug-likeness (QED) is 0.747. The van der Waals surface area contributed by atoms with E-state index in [0.29, 0.717) is 0 Å². The minimum Gasteiger partial charge on any atom is -0.369 e. The second-order valence-electron chi connectivity index (χ2n) is 5.31. The van der Waals surface area contributed by atoms with Crippen LogP contribution in [0.25, 0.3) is 0 Å². The van der Waals surface area contributed by atoms with Crippen molar-refractivity contribution in [2.24, 2.45) is 5.92 Å². The predicted molar refractivity (Wildman–Crippen MR) is 70.7 cm³/mol. The van der Waals surface area contributed by atoms with Gasteiger partial charge >= 0.3 is 5.69 Å². The maximum absolute atomic E-state index is 11.5. The number of aromatic amines is 1. The van der Waals surface area contributed by atoms with Crippen molar-refractivity contribution in [2.75, 3.05) is 18.4 Å². The number of fused-ring (bicyclic) bond motifs is 1. The molecule has 0 amide bonds. The van der Waals surface area contributed by atoms with Gasteiger partial charge in [0.25, 0.3) is 0 Å².